The Kier molecular flexibility index (Phi) is 4.02. The Bertz CT molecular complexity index is 678. The molecule has 2 heterocycles. The second-order valence-electron chi connectivity index (χ2n) is 5.36. The lowest BCUT2D eigenvalue weighted by Crippen LogP contribution is -2.20. The van der Waals surface area contributed by atoms with Gasteiger partial charge in [-0.15, -0.1) is 22.9 Å². The quantitative estimate of drug-likeness (QED) is 0.810. The van der Waals surface area contributed by atoms with Crippen LogP contribution in [-0.2, 0) is 16.3 Å². The van der Waals surface area contributed by atoms with Crippen molar-refractivity contribution in [2.45, 2.75) is 12.8 Å². The standard InChI is InChI=1S/C14H16ClNO2S2/c15-8-11(10-5-6-20(17,18)9-10)7-14-16-12-3-1-2-4-13(12)19-14/h1-4,10-11H,5-9H2. The van der Waals surface area contributed by atoms with Gasteiger partial charge < -0.3 is 0 Å². The smallest absolute Gasteiger partial charge is 0.150 e. The van der Waals surface area contributed by atoms with Gasteiger partial charge in [-0.05, 0) is 30.4 Å². The van der Waals surface area contributed by atoms with Crippen LogP contribution in [0.4, 0.5) is 0 Å². The van der Waals surface area contributed by atoms with E-state index in [1.165, 1.54) is 4.70 Å². The van der Waals surface area contributed by atoms with Crippen molar-refractivity contribution in [3.63, 3.8) is 0 Å². The highest BCUT2D eigenvalue weighted by Gasteiger charge is 2.33. The Balaban J connectivity index is 1.77. The molecule has 3 rings (SSSR count). The maximum atomic E-state index is 11.6. The Morgan fingerprint density at radius 1 is 1.40 bits per heavy atom. The van der Waals surface area contributed by atoms with Crippen LogP contribution in [0.1, 0.15) is 11.4 Å². The van der Waals surface area contributed by atoms with Gasteiger partial charge >= 0.3 is 0 Å². The molecule has 0 bridgehead atoms. The molecule has 3 nitrogen and oxygen atoms in total. The second kappa shape index (κ2) is 5.62. The van der Waals surface area contributed by atoms with E-state index in [-0.39, 0.29) is 17.6 Å². The number of halogens is 1. The summed E-state index contributed by atoms with van der Waals surface area (Å²) in [7, 11) is -2.84. The normalized spacial score (nSPS) is 23.1. The van der Waals surface area contributed by atoms with Gasteiger partial charge in [0.2, 0.25) is 0 Å². The molecule has 6 heteroatoms. The van der Waals surface area contributed by atoms with E-state index in [1.807, 2.05) is 18.2 Å². The summed E-state index contributed by atoms with van der Waals surface area (Å²) in [6.07, 6.45) is 1.52. The molecule has 2 atom stereocenters. The van der Waals surface area contributed by atoms with Crippen LogP contribution in [0.3, 0.4) is 0 Å². The predicted octanol–water partition coefficient (Wildman–Crippen LogP) is 3.13. The fourth-order valence-electron chi connectivity index (χ4n) is 2.77. The number of aromatic nitrogens is 1. The molecule has 1 aromatic heterocycles. The highest BCUT2D eigenvalue weighted by Crippen LogP contribution is 2.31. The SMILES string of the molecule is O=S1(=O)CCC(C(CCl)Cc2nc3ccccc3s2)C1. The van der Waals surface area contributed by atoms with Crippen LogP contribution in [0, 0.1) is 11.8 Å². The molecule has 0 N–H and O–H groups in total. The zero-order chi connectivity index (χ0) is 14.2. The number of rotatable bonds is 4. The number of alkyl halides is 1. The van der Waals surface area contributed by atoms with Gasteiger partial charge in [-0.1, -0.05) is 12.1 Å². The van der Waals surface area contributed by atoms with Crippen LogP contribution in [0.5, 0.6) is 0 Å². The topological polar surface area (TPSA) is 47.0 Å². The van der Waals surface area contributed by atoms with Crippen LogP contribution in [-0.4, -0.2) is 30.8 Å². The monoisotopic (exact) mass is 329 g/mol. The van der Waals surface area contributed by atoms with Crippen LogP contribution in [0.25, 0.3) is 10.2 Å². The van der Waals surface area contributed by atoms with Crippen molar-refractivity contribution >= 4 is 43.0 Å². The zero-order valence-electron chi connectivity index (χ0n) is 11.0. The van der Waals surface area contributed by atoms with E-state index in [1.54, 1.807) is 11.3 Å². The molecular weight excluding hydrogens is 314 g/mol. The molecule has 1 aliphatic rings. The largest absolute Gasteiger partial charge is 0.241 e. The van der Waals surface area contributed by atoms with Gasteiger partial charge in [0.15, 0.2) is 9.84 Å². The van der Waals surface area contributed by atoms with E-state index in [0.29, 0.717) is 11.6 Å². The number of para-hydroxylation sites is 1. The fourth-order valence-corrected chi connectivity index (χ4v) is 6.12. The van der Waals surface area contributed by atoms with Crippen molar-refractivity contribution in [2.24, 2.45) is 11.8 Å². The van der Waals surface area contributed by atoms with E-state index in [0.717, 1.165) is 23.4 Å². The first-order valence-corrected chi connectivity index (χ1v) is 9.85. The molecule has 2 unspecified atom stereocenters. The Morgan fingerprint density at radius 2 is 2.20 bits per heavy atom. The molecule has 2 aromatic rings. The van der Waals surface area contributed by atoms with Gasteiger partial charge in [-0.2, -0.15) is 0 Å². The summed E-state index contributed by atoms with van der Waals surface area (Å²) < 4.78 is 24.4. The molecule has 1 saturated heterocycles. The van der Waals surface area contributed by atoms with Gasteiger partial charge in [-0.3, -0.25) is 0 Å². The molecule has 0 amide bonds. The number of fused-ring (bicyclic) bond motifs is 1. The highest BCUT2D eigenvalue weighted by molar-refractivity contribution is 7.91. The van der Waals surface area contributed by atoms with Crippen molar-refractivity contribution in [3.8, 4) is 0 Å². The molecule has 0 radical (unpaired) electrons. The van der Waals surface area contributed by atoms with E-state index in [4.69, 9.17) is 11.6 Å². The van der Waals surface area contributed by atoms with Crippen LogP contribution in [0.2, 0.25) is 0 Å². The zero-order valence-corrected chi connectivity index (χ0v) is 13.3. The number of nitrogens with zero attached hydrogens (tertiary/aromatic N) is 1. The third-order valence-corrected chi connectivity index (χ3v) is 7.16. The van der Waals surface area contributed by atoms with E-state index < -0.39 is 9.84 Å². The molecule has 1 aromatic carbocycles. The summed E-state index contributed by atoms with van der Waals surface area (Å²) in [5, 5.41) is 1.06. The van der Waals surface area contributed by atoms with Gasteiger partial charge in [0.1, 0.15) is 0 Å². The van der Waals surface area contributed by atoms with Crippen molar-refractivity contribution in [3.05, 3.63) is 29.3 Å². The Hall–Kier alpha value is -0.650. The first-order chi connectivity index (χ1) is 9.57. The predicted molar refractivity (Wildman–Crippen MR) is 84.3 cm³/mol. The molecule has 0 spiro atoms. The van der Waals surface area contributed by atoms with E-state index in [9.17, 15) is 8.42 Å². The lowest BCUT2D eigenvalue weighted by Gasteiger charge is -2.18. The van der Waals surface area contributed by atoms with Crippen LogP contribution >= 0.6 is 22.9 Å². The fraction of sp³-hybridized carbons (Fsp3) is 0.500. The number of hydrogen-bond donors (Lipinski definition) is 0. The average Bonchev–Trinajstić information content (AvgIpc) is 2.98. The maximum absolute atomic E-state index is 11.6. The van der Waals surface area contributed by atoms with Gasteiger partial charge in [-0.25, -0.2) is 13.4 Å². The molecule has 108 valence electrons. The minimum Gasteiger partial charge on any atom is -0.241 e. The van der Waals surface area contributed by atoms with Crippen molar-refractivity contribution in [1.82, 2.24) is 4.98 Å². The molecule has 0 aliphatic carbocycles. The first-order valence-electron chi connectivity index (χ1n) is 6.68. The molecule has 0 saturated carbocycles. The maximum Gasteiger partial charge on any atom is 0.150 e. The lowest BCUT2D eigenvalue weighted by molar-refractivity contribution is 0.397. The Morgan fingerprint density at radius 3 is 2.85 bits per heavy atom. The van der Waals surface area contributed by atoms with Gasteiger partial charge in [0.05, 0.1) is 26.7 Å². The van der Waals surface area contributed by atoms with Gasteiger partial charge in [0.25, 0.3) is 0 Å². The van der Waals surface area contributed by atoms with E-state index in [2.05, 4.69) is 11.1 Å². The third-order valence-electron chi connectivity index (χ3n) is 3.91. The van der Waals surface area contributed by atoms with Gasteiger partial charge in [0, 0.05) is 12.3 Å². The third kappa shape index (κ3) is 3.00. The average molecular weight is 330 g/mol. The number of sulfone groups is 1. The summed E-state index contributed by atoms with van der Waals surface area (Å²) in [6.45, 7) is 0. The molecular formula is C14H16ClNO2S2. The first kappa shape index (κ1) is 14.3. The lowest BCUT2D eigenvalue weighted by atomic mass is 9.91. The summed E-state index contributed by atoms with van der Waals surface area (Å²) in [6, 6.07) is 8.05. The number of benzene rings is 1. The van der Waals surface area contributed by atoms with Crippen molar-refractivity contribution in [1.29, 1.82) is 0 Å². The summed E-state index contributed by atoms with van der Waals surface area (Å²) in [5.41, 5.74) is 1.01. The van der Waals surface area contributed by atoms with Crippen LogP contribution in [0.15, 0.2) is 24.3 Å². The van der Waals surface area contributed by atoms with Crippen molar-refractivity contribution in [2.75, 3.05) is 17.4 Å². The number of hydrogen-bond acceptors (Lipinski definition) is 4. The second-order valence-corrected chi connectivity index (χ2v) is 9.01. The minimum atomic E-state index is -2.84. The van der Waals surface area contributed by atoms with Crippen LogP contribution < -0.4 is 0 Å². The minimum absolute atomic E-state index is 0.185. The van der Waals surface area contributed by atoms with Crippen molar-refractivity contribution < 1.29 is 8.42 Å². The Labute approximate surface area is 127 Å². The number of thiazole rings is 1. The van der Waals surface area contributed by atoms with E-state index >= 15 is 0 Å². The molecule has 1 fully saturated rings. The summed E-state index contributed by atoms with van der Waals surface area (Å²) in [4.78, 5) is 4.62. The summed E-state index contributed by atoms with van der Waals surface area (Å²) in [5.74, 6) is 1.48. The highest BCUT2D eigenvalue weighted by atomic mass is 35.5. The molecule has 1 aliphatic heterocycles. The summed E-state index contributed by atoms with van der Waals surface area (Å²) >= 11 is 7.75. The molecule has 20 heavy (non-hydrogen) atoms.